The largest absolute Gasteiger partial charge is 0.310 e. The fourth-order valence-electron chi connectivity index (χ4n) is 7.46. The van der Waals surface area contributed by atoms with Gasteiger partial charge in [-0.25, -0.2) is 0 Å². The van der Waals surface area contributed by atoms with E-state index in [9.17, 15) is 0 Å². The average molecular weight is 729 g/mol. The predicted octanol–water partition coefficient (Wildman–Crippen LogP) is 15.6. The summed E-state index contributed by atoms with van der Waals surface area (Å²) in [6.45, 7) is 17.3. The molecular formula is C54H52N2. The maximum atomic E-state index is 2.35. The van der Waals surface area contributed by atoms with Gasteiger partial charge in [0.1, 0.15) is 0 Å². The Morgan fingerprint density at radius 2 is 0.625 bits per heavy atom. The second kappa shape index (κ2) is 16.6. The van der Waals surface area contributed by atoms with Crippen molar-refractivity contribution in [1.29, 1.82) is 0 Å². The monoisotopic (exact) mass is 728 g/mol. The molecule has 56 heavy (non-hydrogen) atoms. The summed E-state index contributed by atoms with van der Waals surface area (Å²) in [7, 11) is 0. The van der Waals surface area contributed by atoms with E-state index in [0.29, 0.717) is 0 Å². The van der Waals surface area contributed by atoms with Crippen LogP contribution in [0, 0.1) is 41.5 Å². The molecular weight excluding hydrogens is 677 g/mol. The number of hydrogen-bond acceptors (Lipinski definition) is 2. The molecule has 0 aromatic heterocycles. The van der Waals surface area contributed by atoms with Gasteiger partial charge >= 0.3 is 0 Å². The van der Waals surface area contributed by atoms with Gasteiger partial charge < -0.3 is 9.80 Å². The van der Waals surface area contributed by atoms with Crippen LogP contribution < -0.4 is 9.80 Å². The SMILES string of the molecule is CC(=Cc1ccc(N(c2ccc(C)cc2)c2ccc(C)cc2C)cc1)c1ccc(C(C)=Cc2ccc(N(c3ccc(C)cc3)c3ccc(C)cc3C)cc2)cc1. The molecule has 0 spiro atoms. The van der Waals surface area contributed by atoms with Crippen molar-refractivity contribution in [2.24, 2.45) is 0 Å². The van der Waals surface area contributed by atoms with E-state index < -0.39 is 0 Å². The minimum Gasteiger partial charge on any atom is -0.310 e. The van der Waals surface area contributed by atoms with Gasteiger partial charge in [-0.2, -0.15) is 0 Å². The summed E-state index contributed by atoms with van der Waals surface area (Å²) in [6.07, 6.45) is 4.54. The lowest BCUT2D eigenvalue weighted by molar-refractivity contribution is 1.23. The highest BCUT2D eigenvalue weighted by Crippen LogP contribution is 2.39. The lowest BCUT2D eigenvalue weighted by atomic mass is 9.99. The maximum absolute atomic E-state index is 2.35. The van der Waals surface area contributed by atoms with Gasteiger partial charge in [0.25, 0.3) is 0 Å². The smallest absolute Gasteiger partial charge is 0.0490 e. The van der Waals surface area contributed by atoms with Crippen molar-refractivity contribution in [2.45, 2.75) is 55.4 Å². The van der Waals surface area contributed by atoms with Crippen molar-refractivity contribution in [3.63, 3.8) is 0 Å². The van der Waals surface area contributed by atoms with Crippen molar-refractivity contribution >= 4 is 57.4 Å². The summed E-state index contributed by atoms with van der Waals surface area (Å²) in [6, 6.07) is 57.6. The van der Waals surface area contributed by atoms with Crippen LogP contribution in [0.3, 0.4) is 0 Å². The van der Waals surface area contributed by atoms with Crippen molar-refractivity contribution in [3.8, 4) is 0 Å². The Morgan fingerprint density at radius 3 is 0.929 bits per heavy atom. The molecule has 0 heterocycles. The molecule has 7 aromatic carbocycles. The van der Waals surface area contributed by atoms with Crippen LogP contribution in [-0.4, -0.2) is 0 Å². The van der Waals surface area contributed by atoms with Gasteiger partial charge in [0.05, 0.1) is 0 Å². The van der Waals surface area contributed by atoms with Crippen molar-refractivity contribution in [1.82, 2.24) is 0 Å². The highest BCUT2D eigenvalue weighted by atomic mass is 15.1. The van der Waals surface area contributed by atoms with Gasteiger partial charge in [-0.3, -0.25) is 0 Å². The Labute approximate surface area is 334 Å². The van der Waals surface area contributed by atoms with Gasteiger partial charge in [0.15, 0.2) is 0 Å². The van der Waals surface area contributed by atoms with E-state index in [1.54, 1.807) is 0 Å². The first kappa shape index (κ1) is 37.9. The second-order valence-corrected chi connectivity index (χ2v) is 15.3. The molecule has 7 aromatic rings. The van der Waals surface area contributed by atoms with E-state index in [1.165, 1.54) is 78.2 Å². The molecule has 7 rings (SSSR count). The molecule has 0 fully saturated rings. The fourth-order valence-corrected chi connectivity index (χ4v) is 7.46. The van der Waals surface area contributed by atoms with E-state index in [2.05, 4.69) is 235 Å². The van der Waals surface area contributed by atoms with Crippen LogP contribution in [0.25, 0.3) is 23.3 Å². The summed E-state index contributed by atoms with van der Waals surface area (Å²) in [5.74, 6) is 0. The van der Waals surface area contributed by atoms with Gasteiger partial charge in [0, 0.05) is 34.1 Å². The molecule has 2 nitrogen and oxygen atoms in total. The third-order valence-corrected chi connectivity index (χ3v) is 10.6. The predicted molar refractivity (Wildman–Crippen MR) is 244 cm³/mol. The quantitative estimate of drug-likeness (QED) is 0.129. The lowest BCUT2D eigenvalue weighted by Gasteiger charge is -2.27. The van der Waals surface area contributed by atoms with Gasteiger partial charge in [-0.1, -0.05) is 131 Å². The number of rotatable bonds is 10. The number of anilines is 6. The Morgan fingerprint density at radius 1 is 0.339 bits per heavy atom. The van der Waals surface area contributed by atoms with Gasteiger partial charge in [-0.05, 0) is 161 Å². The Kier molecular flexibility index (Phi) is 11.2. The molecule has 278 valence electrons. The van der Waals surface area contributed by atoms with Crippen LogP contribution in [0.4, 0.5) is 34.1 Å². The number of aryl methyl sites for hydroxylation is 6. The highest BCUT2D eigenvalue weighted by molar-refractivity contribution is 5.86. The zero-order valence-corrected chi connectivity index (χ0v) is 34.1. The molecule has 0 saturated heterocycles. The summed E-state index contributed by atoms with van der Waals surface area (Å²) < 4.78 is 0. The summed E-state index contributed by atoms with van der Waals surface area (Å²) in [5.41, 5.74) is 21.8. The van der Waals surface area contributed by atoms with Gasteiger partial charge in [0.2, 0.25) is 0 Å². The van der Waals surface area contributed by atoms with E-state index in [4.69, 9.17) is 0 Å². The Hall–Kier alpha value is -6.38. The molecule has 0 atom stereocenters. The first-order chi connectivity index (χ1) is 27.0. The third-order valence-electron chi connectivity index (χ3n) is 10.6. The molecule has 0 aliphatic rings. The van der Waals surface area contributed by atoms with E-state index in [1.807, 2.05) is 0 Å². The molecule has 0 amide bonds. The van der Waals surface area contributed by atoms with Gasteiger partial charge in [-0.15, -0.1) is 0 Å². The zero-order chi connectivity index (χ0) is 39.3. The highest BCUT2D eigenvalue weighted by Gasteiger charge is 2.16. The number of nitrogens with zero attached hydrogens (tertiary/aromatic N) is 2. The second-order valence-electron chi connectivity index (χ2n) is 15.3. The molecule has 2 heteroatoms. The molecule has 0 bridgehead atoms. The van der Waals surface area contributed by atoms with Crippen LogP contribution in [0.5, 0.6) is 0 Å². The maximum Gasteiger partial charge on any atom is 0.0490 e. The molecule has 0 saturated carbocycles. The van der Waals surface area contributed by atoms with Crippen LogP contribution >= 0.6 is 0 Å². The number of hydrogen-bond donors (Lipinski definition) is 0. The summed E-state index contributed by atoms with van der Waals surface area (Å²) in [4.78, 5) is 4.70. The first-order valence-corrected chi connectivity index (χ1v) is 19.6. The molecule has 0 aliphatic heterocycles. The topological polar surface area (TPSA) is 6.48 Å². The summed E-state index contributed by atoms with van der Waals surface area (Å²) >= 11 is 0. The van der Waals surface area contributed by atoms with Crippen molar-refractivity contribution < 1.29 is 0 Å². The third kappa shape index (κ3) is 8.61. The first-order valence-electron chi connectivity index (χ1n) is 19.6. The number of benzene rings is 7. The van der Waals surface area contributed by atoms with Crippen LogP contribution in [0.2, 0.25) is 0 Å². The average Bonchev–Trinajstić information content (AvgIpc) is 3.19. The standard InChI is InChI=1S/C54H52N2/c1-37-9-23-49(24-10-37)55(53-31-13-39(3)33-43(53)7)51-27-15-45(16-28-51)35-41(5)47-19-21-48(22-20-47)42(6)36-46-17-29-52(30-18-46)56(50-25-11-38(2)12-26-50)54-32-14-40(4)34-44(54)8/h9-36H,1-8H3. The Balaban J connectivity index is 1.08. The van der Waals surface area contributed by atoms with Crippen LogP contribution in [-0.2, 0) is 0 Å². The molecule has 0 N–H and O–H groups in total. The van der Waals surface area contributed by atoms with Crippen molar-refractivity contribution in [2.75, 3.05) is 9.80 Å². The van der Waals surface area contributed by atoms with Crippen molar-refractivity contribution in [3.05, 3.63) is 213 Å². The Bertz CT molecular complexity index is 2320. The normalized spacial score (nSPS) is 11.8. The minimum atomic E-state index is 1.14. The van der Waals surface area contributed by atoms with Crippen LogP contribution in [0.1, 0.15) is 69.5 Å². The summed E-state index contributed by atoms with van der Waals surface area (Å²) in [5, 5.41) is 0. The molecule has 0 radical (unpaired) electrons. The minimum absolute atomic E-state index is 1.14. The molecule has 0 aliphatic carbocycles. The lowest BCUT2D eigenvalue weighted by Crippen LogP contribution is -2.11. The van der Waals surface area contributed by atoms with E-state index in [-0.39, 0.29) is 0 Å². The van der Waals surface area contributed by atoms with Crippen LogP contribution in [0.15, 0.2) is 158 Å². The fraction of sp³-hybridized carbons (Fsp3) is 0.148. The zero-order valence-electron chi connectivity index (χ0n) is 34.1. The number of allylic oxidation sites excluding steroid dienone is 2. The molecule has 0 unspecified atom stereocenters. The van der Waals surface area contributed by atoms with E-state index >= 15 is 0 Å². The van der Waals surface area contributed by atoms with E-state index in [0.717, 1.165) is 22.7 Å².